The van der Waals surface area contributed by atoms with Gasteiger partial charge in [0.05, 0.1) is 11.3 Å². The van der Waals surface area contributed by atoms with Gasteiger partial charge in [-0.3, -0.25) is 14.6 Å². The highest BCUT2D eigenvalue weighted by atomic mass is 127. The van der Waals surface area contributed by atoms with Gasteiger partial charge in [-0.1, -0.05) is 18.2 Å². The van der Waals surface area contributed by atoms with Gasteiger partial charge in [-0.15, -0.1) is 0 Å². The lowest BCUT2D eigenvalue weighted by Gasteiger charge is -2.39. The van der Waals surface area contributed by atoms with Crippen LogP contribution in [0.2, 0.25) is 0 Å². The van der Waals surface area contributed by atoms with Crippen molar-refractivity contribution in [2.24, 2.45) is 0 Å². The molecule has 4 rings (SSSR count). The molecule has 1 N–H and O–H groups in total. The SMILES string of the molecule is CN(C)c1ccc(CNC(=O)C2CN(C(=O)Cc3cccnc3)CCN2S(=O)(=O)c2ccc(I)cc2)cc1. The predicted molar refractivity (Wildman–Crippen MR) is 154 cm³/mol. The molecule has 11 heteroatoms. The summed E-state index contributed by atoms with van der Waals surface area (Å²) in [5.74, 6) is -0.629. The molecule has 0 aliphatic carbocycles. The molecule has 1 aliphatic heterocycles. The Bertz CT molecular complexity index is 1370. The Balaban J connectivity index is 1.54. The van der Waals surface area contributed by atoms with Crippen LogP contribution in [-0.4, -0.2) is 74.2 Å². The van der Waals surface area contributed by atoms with E-state index in [-0.39, 0.29) is 43.4 Å². The lowest BCUT2D eigenvalue weighted by Crippen LogP contribution is -2.61. The number of sulfonamides is 1. The number of halogens is 1. The van der Waals surface area contributed by atoms with Crippen LogP contribution in [0.3, 0.4) is 0 Å². The topological polar surface area (TPSA) is 103 Å². The van der Waals surface area contributed by atoms with Gasteiger partial charge < -0.3 is 15.1 Å². The quantitative estimate of drug-likeness (QED) is 0.378. The average molecular weight is 648 g/mol. The monoisotopic (exact) mass is 647 g/mol. The van der Waals surface area contributed by atoms with E-state index in [0.29, 0.717) is 0 Å². The average Bonchev–Trinajstić information content (AvgIpc) is 2.92. The highest BCUT2D eigenvalue weighted by molar-refractivity contribution is 14.1. The van der Waals surface area contributed by atoms with Gasteiger partial charge in [0.15, 0.2) is 0 Å². The molecule has 1 unspecified atom stereocenters. The summed E-state index contributed by atoms with van der Waals surface area (Å²) < 4.78 is 29.3. The first kappa shape index (κ1) is 28.0. The van der Waals surface area contributed by atoms with Crippen LogP contribution in [0.25, 0.3) is 0 Å². The first-order valence-corrected chi connectivity index (χ1v) is 14.6. The Morgan fingerprint density at radius 3 is 2.37 bits per heavy atom. The summed E-state index contributed by atoms with van der Waals surface area (Å²) in [4.78, 5) is 34.2. The lowest BCUT2D eigenvalue weighted by molar-refractivity contribution is -0.135. The van der Waals surface area contributed by atoms with Crippen LogP contribution in [0.5, 0.6) is 0 Å². The van der Waals surface area contributed by atoms with Crippen LogP contribution < -0.4 is 10.2 Å². The zero-order valence-electron chi connectivity index (χ0n) is 21.2. The molecular formula is C27H30IN5O4S. The van der Waals surface area contributed by atoms with E-state index in [4.69, 9.17) is 0 Å². The molecule has 2 aromatic carbocycles. The smallest absolute Gasteiger partial charge is 0.243 e. The molecule has 3 aromatic rings. The molecule has 200 valence electrons. The van der Waals surface area contributed by atoms with Crippen molar-refractivity contribution in [1.29, 1.82) is 0 Å². The summed E-state index contributed by atoms with van der Waals surface area (Å²) in [6.45, 7) is 0.416. The minimum Gasteiger partial charge on any atom is -0.378 e. The van der Waals surface area contributed by atoms with Crippen molar-refractivity contribution in [3.8, 4) is 0 Å². The number of anilines is 1. The van der Waals surface area contributed by atoms with Gasteiger partial charge in [0.2, 0.25) is 21.8 Å². The van der Waals surface area contributed by atoms with Crippen LogP contribution in [0.4, 0.5) is 5.69 Å². The van der Waals surface area contributed by atoms with E-state index < -0.39 is 22.0 Å². The number of benzene rings is 2. The van der Waals surface area contributed by atoms with Crippen LogP contribution in [0.1, 0.15) is 11.1 Å². The number of hydrogen-bond acceptors (Lipinski definition) is 6. The zero-order valence-corrected chi connectivity index (χ0v) is 24.2. The van der Waals surface area contributed by atoms with Gasteiger partial charge in [-0.25, -0.2) is 8.42 Å². The summed E-state index contributed by atoms with van der Waals surface area (Å²) in [5, 5.41) is 2.88. The van der Waals surface area contributed by atoms with Crippen molar-refractivity contribution >= 4 is 50.1 Å². The van der Waals surface area contributed by atoms with E-state index in [2.05, 4.69) is 32.9 Å². The minimum atomic E-state index is -3.96. The standard InChI is InChI=1S/C27H30IN5O4S/c1-31(2)23-9-5-20(6-10-23)18-30-27(35)25-19-32(26(34)16-21-4-3-13-29-17-21)14-15-33(25)38(36,37)24-11-7-22(28)8-12-24/h3-13,17,25H,14-16,18-19H2,1-2H3,(H,30,35). The molecule has 1 aliphatic rings. The molecule has 2 heterocycles. The highest BCUT2D eigenvalue weighted by Gasteiger charge is 2.41. The van der Waals surface area contributed by atoms with Crippen molar-refractivity contribution < 1.29 is 18.0 Å². The number of aromatic nitrogens is 1. The third-order valence-electron chi connectivity index (χ3n) is 6.40. The fourth-order valence-electron chi connectivity index (χ4n) is 4.24. The summed E-state index contributed by atoms with van der Waals surface area (Å²) in [5.41, 5.74) is 2.68. The van der Waals surface area contributed by atoms with Crippen LogP contribution in [0.15, 0.2) is 78.0 Å². The second-order valence-electron chi connectivity index (χ2n) is 9.24. The van der Waals surface area contributed by atoms with Gasteiger partial charge in [-0.2, -0.15) is 4.31 Å². The van der Waals surface area contributed by atoms with Crippen molar-refractivity contribution in [2.45, 2.75) is 23.9 Å². The van der Waals surface area contributed by atoms with Gasteiger partial charge in [0, 0.05) is 61.9 Å². The molecule has 9 nitrogen and oxygen atoms in total. The number of amides is 2. The van der Waals surface area contributed by atoms with Crippen LogP contribution in [0, 0.1) is 3.57 Å². The van der Waals surface area contributed by atoms with Crippen molar-refractivity contribution in [3.63, 3.8) is 0 Å². The van der Waals surface area contributed by atoms with Crippen molar-refractivity contribution in [1.82, 2.24) is 19.5 Å². The van der Waals surface area contributed by atoms with E-state index in [9.17, 15) is 18.0 Å². The molecule has 0 radical (unpaired) electrons. The Kier molecular flexibility index (Phi) is 9.00. The maximum absolute atomic E-state index is 13.6. The molecule has 1 atom stereocenters. The van der Waals surface area contributed by atoms with Gasteiger partial charge in [0.25, 0.3) is 0 Å². The second-order valence-corrected chi connectivity index (χ2v) is 12.4. The molecular weight excluding hydrogens is 617 g/mol. The van der Waals surface area contributed by atoms with Crippen molar-refractivity contribution in [3.05, 3.63) is 87.8 Å². The Morgan fingerprint density at radius 2 is 1.74 bits per heavy atom. The largest absolute Gasteiger partial charge is 0.378 e. The number of carbonyl (C=O) groups excluding carboxylic acids is 2. The number of nitrogens with one attached hydrogen (secondary N) is 1. The summed E-state index contributed by atoms with van der Waals surface area (Å²) in [6, 6.07) is 16.8. The summed E-state index contributed by atoms with van der Waals surface area (Å²) in [7, 11) is -0.0669. The van der Waals surface area contributed by atoms with Crippen LogP contribution >= 0.6 is 22.6 Å². The predicted octanol–water partition coefficient (Wildman–Crippen LogP) is 2.51. The normalized spacial score (nSPS) is 16.2. The molecule has 0 saturated carbocycles. The first-order valence-electron chi connectivity index (χ1n) is 12.1. The van der Waals surface area contributed by atoms with E-state index in [0.717, 1.165) is 20.4 Å². The molecule has 1 aromatic heterocycles. The maximum atomic E-state index is 13.6. The zero-order chi connectivity index (χ0) is 27.3. The molecule has 0 spiro atoms. The molecule has 38 heavy (non-hydrogen) atoms. The lowest BCUT2D eigenvalue weighted by atomic mass is 10.1. The van der Waals surface area contributed by atoms with Gasteiger partial charge in [0.1, 0.15) is 6.04 Å². The molecule has 1 saturated heterocycles. The van der Waals surface area contributed by atoms with E-state index in [1.165, 1.54) is 16.4 Å². The summed E-state index contributed by atoms with van der Waals surface area (Å²) in [6.07, 6.45) is 3.39. The third-order valence-corrected chi connectivity index (χ3v) is 9.05. The van der Waals surface area contributed by atoms with Crippen LogP contribution in [-0.2, 0) is 32.6 Å². The van der Waals surface area contributed by atoms with E-state index in [1.54, 1.807) is 35.5 Å². The van der Waals surface area contributed by atoms with Gasteiger partial charge in [-0.05, 0) is 76.2 Å². The fraction of sp³-hybridized carbons (Fsp3) is 0.296. The Morgan fingerprint density at radius 1 is 1.03 bits per heavy atom. The highest BCUT2D eigenvalue weighted by Crippen LogP contribution is 2.23. The third kappa shape index (κ3) is 6.69. The van der Waals surface area contributed by atoms with Gasteiger partial charge >= 0.3 is 0 Å². The number of pyridine rings is 1. The number of carbonyl (C=O) groups is 2. The van der Waals surface area contributed by atoms with Crippen molar-refractivity contribution in [2.75, 3.05) is 38.6 Å². The summed E-state index contributed by atoms with van der Waals surface area (Å²) >= 11 is 2.11. The maximum Gasteiger partial charge on any atom is 0.243 e. The second kappa shape index (κ2) is 12.2. The molecule has 0 bridgehead atoms. The number of hydrogen-bond donors (Lipinski definition) is 1. The van der Waals surface area contributed by atoms with E-state index >= 15 is 0 Å². The molecule has 2 amide bonds. The Labute approximate surface area is 237 Å². The minimum absolute atomic E-state index is 0.0166. The number of piperazine rings is 1. The number of rotatable bonds is 8. The fourth-order valence-corrected chi connectivity index (χ4v) is 6.17. The molecule has 1 fully saturated rings. The Hall–Kier alpha value is -3.03. The van der Waals surface area contributed by atoms with E-state index in [1.807, 2.05) is 49.3 Å². The first-order chi connectivity index (χ1) is 18.1. The number of nitrogens with zero attached hydrogens (tertiary/aromatic N) is 4.